The zero-order valence-electron chi connectivity index (χ0n) is 9.24. The van der Waals surface area contributed by atoms with Crippen molar-refractivity contribution in [2.45, 2.75) is 18.9 Å². The topological polar surface area (TPSA) is 61.8 Å². The van der Waals surface area contributed by atoms with Gasteiger partial charge in [0, 0.05) is 19.6 Å². The summed E-state index contributed by atoms with van der Waals surface area (Å²) in [7, 11) is 1.85. The molecule has 2 N–H and O–H groups in total. The fraction of sp³-hybridized carbons (Fsp3) is 0.900. The largest absolute Gasteiger partial charge is 0.394 e. The normalized spacial score (nSPS) is 15.3. The number of amides is 1. The molecule has 0 radical (unpaired) electrons. The average Bonchev–Trinajstić information content (AvgIpc) is 3.05. The van der Waals surface area contributed by atoms with E-state index in [9.17, 15) is 4.79 Å². The molecule has 0 bridgehead atoms. The van der Waals surface area contributed by atoms with E-state index < -0.39 is 0 Å². The molecule has 0 aliphatic heterocycles. The zero-order valence-corrected chi connectivity index (χ0v) is 9.24. The summed E-state index contributed by atoms with van der Waals surface area (Å²) in [5.74, 6) is 0.139. The summed E-state index contributed by atoms with van der Waals surface area (Å²) in [4.78, 5) is 13.3. The molecule has 5 heteroatoms. The van der Waals surface area contributed by atoms with Crippen molar-refractivity contribution in [2.24, 2.45) is 0 Å². The number of likely N-dealkylation sites (N-methyl/N-ethyl adjacent to an activating group) is 1. The molecule has 1 saturated carbocycles. The van der Waals surface area contributed by atoms with E-state index in [1.54, 1.807) is 0 Å². The fourth-order valence-corrected chi connectivity index (χ4v) is 1.30. The van der Waals surface area contributed by atoms with Crippen LogP contribution < -0.4 is 5.32 Å². The highest BCUT2D eigenvalue weighted by molar-refractivity contribution is 5.78. The van der Waals surface area contributed by atoms with Crippen LogP contribution in [-0.2, 0) is 9.53 Å². The maximum atomic E-state index is 11.5. The molecular formula is C10H20N2O3. The molecule has 0 atom stereocenters. The lowest BCUT2D eigenvalue weighted by atomic mass is 10.4. The van der Waals surface area contributed by atoms with E-state index in [-0.39, 0.29) is 12.5 Å². The van der Waals surface area contributed by atoms with Crippen LogP contribution in [0, 0.1) is 0 Å². The predicted molar refractivity (Wildman–Crippen MR) is 56.6 cm³/mol. The lowest BCUT2D eigenvalue weighted by Gasteiger charge is -2.16. The second-order valence-corrected chi connectivity index (χ2v) is 3.75. The number of hydrogen-bond donors (Lipinski definition) is 2. The lowest BCUT2D eigenvalue weighted by Crippen LogP contribution is -2.37. The van der Waals surface area contributed by atoms with Gasteiger partial charge < -0.3 is 20.1 Å². The molecule has 0 aromatic rings. The number of hydrogen-bond acceptors (Lipinski definition) is 4. The molecule has 0 unspecified atom stereocenters. The second-order valence-electron chi connectivity index (χ2n) is 3.75. The Balaban J connectivity index is 1.92. The quantitative estimate of drug-likeness (QED) is 0.522. The van der Waals surface area contributed by atoms with Crippen LogP contribution in [0.1, 0.15) is 12.8 Å². The molecule has 0 aromatic carbocycles. The van der Waals surface area contributed by atoms with E-state index in [0.29, 0.717) is 32.3 Å². The van der Waals surface area contributed by atoms with Crippen molar-refractivity contribution >= 4 is 5.91 Å². The number of nitrogens with zero attached hydrogens (tertiary/aromatic N) is 1. The Labute approximate surface area is 90.4 Å². The van der Waals surface area contributed by atoms with Crippen LogP contribution in [0.15, 0.2) is 0 Å². The van der Waals surface area contributed by atoms with Gasteiger partial charge in [0.25, 0.3) is 0 Å². The summed E-state index contributed by atoms with van der Waals surface area (Å²) in [5, 5.41) is 11.5. The van der Waals surface area contributed by atoms with Gasteiger partial charge in [0.1, 0.15) is 0 Å². The first kappa shape index (κ1) is 12.4. The third-order valence-electron chi connectivity index (χ3n) is 2.42. The van der Waals surface area contributed by atoms with Gasteiger partial charge in [-0.25, -0.2) is 0 Å². The Bertz CT molecular complexity index is 195. The average molecular weight is 216 g/mol. The SMILES string of the molecule is CN(C(=O)CNCCOCCO)C1CC1. The van der Waals surface area contributed by atoms with Crippen molar-refractivity contribution in [1.82, 2.24) is 10.2 Å². The standard InChI is InChI=1S/C10H20N2O3/c1-12(9-2-3-9)10(14)8-11-4-6-15-7-5-13/h9,11,13H,2-8H2,1H3. The van der Waals surface area contributed by atoms with Crippen molar-refractivity contribution in [2.75, 3.05) is 40.0 Å². The van der Waals surface area contributed by atoms with E-state index >= 15 is 0 Å². The maximum absolute atomic E-state index is 11.5. The molecule has 0 aromatic heterocycles. The molecule has 1 aliphatic carbocycles. The number of carbonyl (C=O) groups excluding carboxylic acids is 1. The summed E-state index contributed by atoms with van der Waals surface area (Å²) in [6.07, 6.45) is 2.28. The first-order chi connectivity index (χ1) is 7.25. The van der Waals surface area contributed by atoms with Crippen molar-refractivity contribution in [1.29, 1.82) is 0 Å². The van der Waals surface area contributed by atoms with Gasteiger partial charge in [0.15, 0.2) is 0 Å². The summed E-state index contributed by atoms with van der Waals surface area (Å²) in [6, 6.07) is 0.477. The van der Waals surface area contributed by atoms with Gasteiger partial charge >= 0.3 is 0 Å². The monoisotopic (exact) mass is 216 g/mol. The number of ether oxygens (including phenoxy) is 1. The van der Waals surface area contributed by atoms with E-state index in [2.05, 4.69) is 5.32 Å². The second kappa shape index (κ2) is 6.76. The summed E-state index contributed by atoms with van der Waals surface area (Å²) >= 11 is 0. The van der Waals surface area contributed by atoms with Crippen LogP contribution in [0.2, 0.25) is 0 Å². The van der Waals surface area contributed by atoms with Crippen molar-refractivity contribution in [3.05, 3.63) is 0 Å². The van der Waals surface area contributed by atoms with Gasteiger partial charge in [-0.2, -0.15) is 0 Å². The third kappa shape index (κ3) is 5.11. The van der Waals surface area contributed by atoms with Gasteiger partial charge in [-0.15, -0.1) is 0 Å². The van der Waals surface area contributed by atoms with Gasteiger partial charge in [-0.05, 0) is 12.8 Å². The Morgan fingerprint density at radius 2 is 2.27 bits per heavy atom. The highest BCUT2D eigenvalue weighted by Gasteiger charge is 2.28. The Morgan fingerprint density at radius 1 is 1.53 bits per heavy atom. The van der Waals surface area contributed by atoms with Gasteiger partial charge in [-0.3, -0.25) is 4.79 Å². The van der Waals surface area contributed by atoms with Gasteiger partial charge in [0.2, 0.25) is 5.91 Å². The first-order valence-electron chi connectivity index (χ1n) is 5.40. The number of carbonyl (C=O) groups is 1. The van der Waals surface area contributed by atoms with Crippen LogP contribution >= 0.6 is 0 Å². The van der Waals surface area contributed by atoms with Crippen molar-refractivity contribution in [3.63, 3.8) is 0 Å². The minimum atomic E-state index is 0.0450. The molecule has 15 heavy (non-hydrogen) atoms. The van der Waals surface area contributed by atoms with Crippen LogP contribution in [0.5, 0.6) is 0 Å². The minimum absolute atomic E-state index is 0.0450. The minimum Gasteiger partial charge on any atom is -0.394 e. The molecule has 0 spiro atoms. The Hall–Kier alpha value is -0.650. The molecule has 0 heterocycles. The summed E-state index contributed by atoms with van der Waals surface area (Å²) < 4.78 is 5.05. The van der Waals surface area contributed by atoms with Gasteiger partial charge in [-0.1, -0.05) is 0 Å². The molecule has 1 aliphatic rings. The number of nitrogens with one attached hydrogen (secondary N) is 1. The van der Waals surface area contributed by atoms with E-state index in [4.69, 9.17) is 9.84 Å². The molecule has 1 amide bonds. The number of aliphatic hydroxyl groups excluding tert-OH is 1. The molecule has 5 nitrogen and oxygen atoms in total. The highest BCUT2D eigenvalue weighted by Crippen LogP contribution is 2.24. The predicted octanol–water partition coefficient (Wildman–Crippen LogP) is -0.794. The molecule has 1 rings (SSSR count). The number of aliphatic hydroxyl groups is 1. The number of rotatable bonds is 8. The smallest absolute Gasteiger partial charge is 0.236 e. The third-order valence-corrected chi connectivity index (χ3v) is 2.42. The maximum Gasteiger partial charge on any atom is 0.236 e. The lowest BCUT2D eigenvalue weighted by molar-refractivity contribution is -0.129. The Morgan fingerprint density at radius 3 is 2.87 bits per heavy atom. The molecular weight excluding hydrogens is 196 g/mol. The van der Waals surface area contributed by atoms with Crippen molar-refractivity contribution in [3.8, 4) is 0 Å². The summed E-state index contributed by atoms with van der Waals surface area (Å²) in [5.41, 5.74) is 0. The van der Waals surface area contributed by atoms with Crippen LogP contribution in [0.3, 0.4) is 0 Å². The van der Waals surface area contributed by atoms with Crippen molar-refractivity contribution < 1.29 is 14.6 Å². The van der Waals surface area contributed by atoms with Gasteiger partial charge in [0.05, 0.1) is 26.4 Å². The first-order valence-corrected chi connectivity index (χ1v) is 5.40. The fourth-order valence-electron chi connectivity index (χ4n) is 1.30. The van der Waals surface area contributed by atoms with Crippen LogP contribution in [-0.4, -0.2) is 61.9 Å². The van der Waals surface area contributed by atoms with Crippen LogP contribution in [0.25, 0.3) is 0 Å². The molecule has 0 saturated heterocycles. The van der Waals surface area contributed by atoms with E-state index in [1.165, 1.54) is 0 Å². The highest BCUT2D eigenvalue weighted by atomic mass is 16.5. The molecule has 88 valence electrons. The van der Waals surface area contributed by atoms with E-state index in [0.717, 1.165) is 12.8 Å². The van der Waals surface area contributed by atoms with E-state index in [1.807, 2.05) is 11.9 Å². The summed E-state index contributed by atoms with van der Waals surface area (Å²) in [6.45, 7) is 1.95. The van der Waals surface area contributed by atoms with Crippen LogP contribution in [0.4, 0.5) is 0 Å². The Kier molecular flexibility index (Phi) is 5.60. The molecule has 1 fully saturated rings. The zero-order chi connectivity index (χ0) is 11.1.